The molecular weight excluding hydrogens is 494 g/mol. The molecule has 0 radical (unpaired) electrons. The molecule has 5 aliphatic carbocycles. The highest BCUT2D eigenvalue weighted by atomic mass is 16.6. The summed E-state index contributed by atoms with van der Waals surface area (Å²) >= 11 is 0. The first-order chi connectivity index (χ1) is 18.7. The molecule has 2 bridgehead atoms. The molecule has 5 saturated carbocycles. The van der Waals surface area contributed by atoms with Crippen molar-refractivity contribution in [1.82, 2.24) is 0 Å². The Labute approximate surface area is 240 Å². The van der Waals surface area contributed by atoms with Crippen molar-refractivity contribution in [2.24, 2.45) is 56.2 Å². The fourth-order valence-corrected chi connectivity index (χ4v) is 13.6. The Balaban J connectivity index is 1.20. The molecule has 1 saturated heterocycles. The number of carbonyl (C=O) groups is 2. The van der Waals surface area contributed by atoms with Gasteiger partial charge in [-0.15, -0.1) is 0 Å². The van der Waals surface area contributed by atoms with Crippen molar-refractivity contribution in [2.45, 2.75) is 118 Å². The maximum absolute atomic E-state index is 14.3. The number of rotatable bonds is 0. The molecule has 6 fully saturated rings. The lowest BCUT2D eigenvalue weighted by Gasteiger charge is -2.70. The average molecular weight is 544 g/mol. The van der Waals surface area contributed by atoms with Crippen molar-refractivity contribution in [3.8, 4) is 0 Å². The Morgan fingerprint density at radius 2 is 1.52 bits per heavy atom. The molecule has 0 amide bonds. The van der Waals surface area contributed by atoms with E-state index in [-0.39, 0.29) is 44.6 Å². The number of hydrogen-bond donors (Lipinski definition) is 1. The maximum atomic E-state index is 14.3. The van der Waals surface area contributed by atoms with Crippen molar-refractivity contribution in [3.05, 3.63) is 29.8 Å². The number of carbonyl (C=O) groups excluding carboxylic acids is 2. The fraction of sp³-hybridized carbons (Fsp3) is 0.778. The first-order valence-corrected chi connectivity index (χ1v) is 16.3. The van der Waals surface area contributed by atoms with E-state index in [0.717, 1.165) is 43.4 Å². The summed E-state index contributed by atoms with van der Waals surface area (Å²) in [7, 11) is 0. The number of ether oxygens (including phenoxy) is 1. The topological polar surface area (TPSA) is 55.4 Å². The molecule has 7 aliphatic rings. The third-order valence-corrected chi connectivity index (χ3v) is 15.8. The lowest BCUT2D eigenvalue weighted by molar-refractivity contribution is -0.226. The molecule has 10 atom stereocenters. The second-order valence-electron chi connectivity index (χ2n) is 17.5. The van der Waals surface area contributed by atoms with E-state index < -0.39 is 5.54 Å². The smallest absolute Gasteiger partial charge is 0.312 e. The van der Waals surface area contributed by atoms with E-state index in [1.54, 1.807) is 0 Å². The van der Waals surface area contributed by atoms with E-state index in [9.17, 15) is 9.59 Å². The maximum Gasteiger partial charge on any atom is 0.312 e. The van der Waals surface area contributed by atoms with Crippen molar-refractivity contribution >= 4 is 17.4 Å². The highest BCUT2D eigenvalue weighted by Crippen LogP contribution is 2.80. The lowest BCUT2D eigenvalue weighted by Crippen LogP contribution is -2.65. The monoisotopic (exact) mass is 543 g/mol. The lowest BCUT2D eigenvalue weighted by atomic mass is 9.33. The van der Waals surface area contributed by atoms with Crippen LogP contribution < -0.4 is 5.32 Å². The van der Waals surface area contributed by atoms with E-state index in [1.165, 1.54) is 25.7 Å². The Morgan fingerprint density at radius 1 is 0.800 bits per heavy atom. The largest absolute Gasteiger partial charge is 0.461 e. The van der Waals surface area contributed by atoms with Crippen LogP contribution in [0.2, 0.25) is 0 Å². The van der Waals surface area contributed by atoms with Crippen LogP contribution >= 0.6 is 0 Å². The van der Waals surface area contributed by atoms with Crippen LogP contribution in [0.3, 0.4) is 0 Å². The zero-order chi connectivity index (χ0) is 28.3. The summed E-state index contributed by atoms with van der Waals surface area (Å²) in [5, 5.41) is 3.87. The summed E-state index contributed by atoms with van der Waals surface area (Å²) in [6, 6.07) is 8.19. The van der Waals surface area contributed by atoms with Crippen LogP contribution in [-0.4, -0.2) is 23.4 Å². The number of hydrogen-bond acceptors (Lipinski definition) is 4. The normalized spacial score (nSPS) is 52.6. The molecular formula is C36H49NO3. The van der Waals surface area contributed by atoms with Gasteiger partial charge >= 0.3 is 5.97 Å². The van der Waals surface area contributed by atoms with Gasteiger partial charge in [-0.1, -0.05) is 60.6 Å². The number of esters is 1. The number of Topliss-reactive ketones (excluding diaryl/α,β-unsaturated/α-hetero) is 1. The third-order valence-electron chi connectivity index (χ3n) is 15.8. The Kier molecular flexibility index (Phi) is 4.65. The minimum absolute atomic E-state index is 0.0609. The molecule has 8 rings (SSSR count). The summed E-state index contributed by atoms with van der Waals surface area (Å²) < 4.78 is 6.34. The van der Waals surface area contributed by atoms with Crippen molar-refractivity contribution in [2.75, 3.05) is 5.32 Å². The van der Waals surface area contributed by atoms with Crippen LogP contribution in [0.25, 0.3) is 0 Å². The number of nitrogens with one attached hydrogen (secondary N) is 1. The summed E-state index contributed by atoms with van der Waals surface area (Å²) in [4.78, 5) is 27.8. The standard InChI is InChI=1S/C36H49NO3/c1-30(2)16-18-35-19-17-33(6)22(26(35)28(30)40-29(35)39)12-13-25-32(5)20-36(27(38)21-10-8-9-11-23(21)37-36)31(3,4)24(32)14-15-34(25,33)7/h8-11,22,24-26,28,37H,12-20H2,1-7H3/t22-,24+,25-,26+,28-,32+,33-,34-,35+,36-/m1/s1. The highest BCUT2D eigenvalue weighted by molar-refractivity contribution is 6.14. The van der Waals surface area contributed by atoms with Crippen molar-refractivity contribution in [3.63, 3.8) is 0 Å². The predicted octanol–water partition coefficient (Wildman–Crippen LogP) is 8.06. The van der Waals surface area contributed by atoms with Crippen LogP contribution in [0, 0.1) is 56.2 Å². The van der Waals surface area contributed by atoms with Gasteiger partial charge in [-0.2, -0.15) is 0 Å². The second kappa shape index (κ2) is 7.20. The molecule has 2 heterocycles. The van der Waals surface area contributed by atoms with Crippen LogP contribution in [0.15, 0.2) is 24.3 Å². The minimum atomic E-state index is -0.525. The van der Waals surface area contributed by atoms with Crippen LogP contribution in [0.5, 0.6) is 0 Å². The predicted molar refractivity (Wildman–Crippen MR) is 157 cm³/mol. The van der Waals surface area contributed by atoms with Gasteiger partial charge in [-0.05, 0) is 109 Å². The molecule has 216 valence electrons. The summed E-state index contributed by atoms with van der Waals surface area (Å²) in [6.45, 7) is 17.3. The molecule has 0 unspecified atom stereocenters. The molecule has 4 nitrogen and oxygen atoms in total. The molecule has 1 N–H and O–H groups in total. The minimum Gasteiger partial charge on any atom is -0.461 e. The van der Waals surface area contributed by atoms with Crippen molar-refractivity contribution < 1.29 is 14.3 Å². The van der Waals surface area contributed by atoms with Gasteiger partial charge in [0.05, 0.1) is 5.41 Å². The van der Waals surface area contributed by atoms with Crippen LogP contribution in [0.4, 0.5) is 5.69 Å². The number of anilines is 1. The van der Waals surface area contributed by atoms with Gasteiger partial charge < -0.3 is 10.1 Å². The second-order valence-corrected chi connectivity index (χ2v) is 17.5. The van der Waals surface area contributed by atoms with Crippen LogP contribution in [-0.2, 0) is 9.53 Å². The Bertz CT molecular complexity index is 1350. The van der Waals surface area contributed by atoms with Gasteiger partial charge in [-0.3, -0.25) is 9.59 Å². The van der Waals surface area contributed by atoms with Crippen molar-refractivity contribution in [1.29, 1.82) is 0 Å². The molecule has 1 aromatic rings. The molecule has 2 aliphatic heterocycles. The highest BCUT2D eigenvalue weighted by Gasteiger charge is 2.78. The van der Waals surface area contributed by atoms with E-state index >= 15 is 0 Å². The first-order valence-electron chi connectivity index (χ1n) is 16.3. The van der Waals surface area contributed by atoms with E-state index in [0.29, 0.717) is 29.5 Å². The van der Waals surface area contributed by atoms with E-state index in [1.807, 2.05) is 12.1 Å². The SMILES string of the molecule is CC1(C)CC[C@]23CC[C@]4(C)[C@H](CC[C@@H]5[C@@]6(C)C[C@]7(Nc8ccccc8C7=O)C(C)(C)[C@@H]6CC[C@]54C)[C@H]2[C@H]1OC3=O. The molecule has 1 aromatic carbocycles. The number of para-hydroxylation sites is 1. The summed E-state index contributed by atoms with van der Waals surface area (Å²) in [6.07, 6.45) is 10.1. The summed E-state index contributed by atoms with van der Waals surface area (Å²) in [5.41, 5.74) is 1.57. The third kappa shape index (κ3) is 2.52. The van der Waals surface area contributed by atoms with Crippen LogP contribution in [0.1, 0.15) is 117 Å². The number of benzene rings is 1. The van der Waals surface area contributed by atoms with Gasteiger partial charge in [0.2, 0.25) is 0 Å². The molecule has 40 heavy (non-hydrogen) atoms. The average Bonchev–Trinajstić information content (AvgIpc) is 3.39. The zero-order valence-corrected chi connectivity index (χ0v) is 25.8. The van der Waals surface area contributed by atoms with E-state index in [2.05, 4.69) is 65.9 Å². The molecule has 0 aromatic heterocycles. The van der Waals surface area contributed by atoms with Gasteiger partial charge in [0.25, 0.3) is 0 Å². The first kappa shape index (κ1) is 25.8. The van der Waals surface area contributed by atoms with Gasteiger partial charge in [0, 0.05) is 22.6 Å². The van der Waals surface area contributed by atoms with E-state index in [4.69, 9.17) is 4.74 Å². The number of fused-ring (bicyclic) bond motifs is 6. The quantitative estimate of drug-likeness (QED) is 0.336. The Morgan fingerprint density at radius 3 is 2.27 bits per heavy atom. The van der Waals surface area contributed by atoms with Gasteiger partial charge in [0.15, 0.2) is 5.78 Å². The zero-order valence-electron chi connectivity index (χ0n) is 25.8. The molecule has 4 heteroatoms. The fourth-order valence-electron chi connectivity index (χ4n) is 13.6. The number of ketones is 1. The van der Waals surface area contributed by atoms with Gasteiger partial charge in [-0.25, -0.2) is 0 Å². The Hall–Kier alpha value is -1.84. The summed E-state index contributed by atoms with van der Waals surface area (Å²) in [5.74, 6) is 2.44. The van der Waals surface area contributed by atoms with Gasteiger partial charge in [0.1, 0.15) is 11.6 Å². The molecule has 1 spiro atoms.